The molecule has 0 aliphatic carbocycles. The van der Waals surface area contributed by atoms with Crippen molar-refractivity contribution in [3.63, 3.8) is 0 Å². The first kappa shape index (κ1) is 14.6. The lowest BCUT2D eigenvalue weighted by Crippen LogP contribution is -2.32. The molecule has 2 nitrogen and oxygen atoms in total. The van der Waals surface area contributed by atoms with Crippen LogP contribution in [0.4, 0.5) is 0 Å². The van der Waals surface area contributed by atoms with E-state index in [-0.39, 0.29) is 0 Å². The number of piperidine rings is 1. The first-order valence-electron chi connectivity index (χ1n) is 7.50. The normalized spacial score (nSPS) is 16.0. The van der Waals surface area contributed by atoms with Crippen molar-refractivity contribution in [3.05, 3.63) is 59.1 Å². The Hall–Kier alpha value is -1.35. The number of nitrogens with one attached hydrogen (secondary N) is 1. The Morgan fingerprint density at radius 1 is 0.952 bits per heavy atom. The lowest BCUT2D eigenvalue weighted by molar-refractivity contribution is 0.0214. The molecule has 2 aromatic rings. The highest BCUT2D eigenvalue weighted by molar-refractivity contribution is 6.33. The molecule has 21 heavy (non-hydrogen) atoms. The van der Waals surface area contributed by atoms with Gasteiger partial charge in [-0.2, -0.15) is 0 Å². The molecule has 1 heterocycles. The zero-order chi connectivity index (χ0) is 14.5. The number of hydrogen-bond donors (Lipinski definition) is 1. The van der Waals surface area contributed by atoms with Crippen LogP contribution < -0.4 is 5.32 Å². The highest BCUT2D eigenvalue weighted by atomic mass is 35.5. The average Bonchev–Trinajstić information content (AvgIpc) is 2.55. The zero-order valence-corrected chi connectivity index (χ0v) is 12.8. The number of benzene rings is 2. The topological polar surface area (TPSA) is 21.3 Å². The molecule has 1 aliphatic heterocycles. The molecular formula is C18H20ClNO. The summed E-state index contributed by atoms with van der Waals surface area (Å²) in [6.07, 6.45) is 2.55. The third-order valence-corrected chi connectivity index (χ3v) is 4.27. The van der Waals surface area contributed by atoms with Crippen LogP contribution in [0.2, 0.25) is 5.02 Å². The largest absolute Gasteiger partial charge is 0.373 e. The molecule has 0 unspecified atom stereocenters. The summed E-state index contributed by atoms with van der Waals surface area (Å²) in [6.45, 7) is 2.75. The van der Waals surface area contributed by atoms with Crippen LogP contribution in [0.1, 0.15) is 18.4 Å². The lowest BCUT2D eigenvalue weighted by Gasteiger charge is -2.23. The van der Waals surface area contributed by atoms with Gasteiger partial charge in [-0.05, 0) is 43.1 Å². The van der Waals surface area contributed by atoms with Crippen LogP contribution in [-0.2, 0) is 11.3 Å². The molecule has 1 N–H and O–H groups in total. The van der Waals surface area contributed by atoms with E-state index in [2.05, 4.69) is 29.6 Å². The maximum atomic E-state index is 6.33. The van der Waals surface area contributed by atoms with Crippen LogP contribution in [0.5, 0.6) is 0 Å². The van der Waals surface area contributed by atoms with Gasteiger partial charge < -0.3 is 10.1 Å². The quantitative estimate of drug-likeness (QED) is 0.910. The van der Waals surface area contributed by atoms with Gasteiger partial charge in [0, 0.05) is 10.6 Å². The summed E-state index contributed by atoms with van der Waals surface area (Å²) in [5, 5.41) is 4.14. The van der Waals surface area contributed by atoms with Gasteiger partial charge in [0.2, 0.25) is 0 Å². The van der Waals surface area contributed by atoms with Crippen LogP contribution in [0.3, 0.4) is 0 Å². The van der Waals surface area contributed by atoms with E-state index < -0.39 is 0 Å². The summed E-state index contributed by atoms with van der Waals surface area (Å²) in [5.41, 5.74) is 3.44. The molecular weight excluding hydrogens is 282 g/mol. The fourth-order valence-electron chi connectivity index (χ4n) is 2.76. The number of rotatable bonds is 4. The Balaban J connectivity index is 1.78. The standard InChI is InChI=1S/C18H20ClNO/c19-18-8-4-3-7-17(18)16-6-2-1-5-14(16)13-21-15-9-11-20-12-10-15/h1-8,15,20H,9-13H2. The summed E-state index contributed by atoms with van der Waals surface area (Å²) in [7, 11) is 0. The molecule has 0 radical (unpaired) electrons. The van der Waals surface area contributed by atoms with Gasteiger partial charge in [-0.3, -0.25) is 0 Å². The van der Waals surface area contributed by atoms with E-state index >= 15 is 0 Å². The number of halogens is 1. The molecule has 110 valence electrons. The fraction of sp³-hybridized carbons (Fsp3) is 0.333. The van der Waals surface area contributed by atoms with Gasteiger partial charge in [-0.15, -0.1) is 0 Å². The molecule has 0 saturated carbocycles. The van der Waals surface area contributed by atoms with Crippen LogP contribution in [-0.4, -0.2) is 19.2 Å². The molecule has 0 bridgehead atoms. The Kier molecular flexibility index (Phi) is 4.91. The van der Waals surface area contributed by atoms with Crippen molar-refractivity contribution in [1.29, 1.82) is 0 Å². The predicted octanol–water partition coefficient (Wildman–Crippen LogP) is 4.28. The van der Waals surface area contributed by atoms with Crippen molar-refractivity contribution in [3.8, 4) is 11.1 Å². The molecule has 0 aromatic heterocycles. The van der Waals surface area contributed by atoms with Crippen molar-refractivity contribution in [2.24, 2.45) is 0 Å². The van der Waals surface area contributed by atoms with Gasteiger partial charge in [0.15, 0.2) is 0 Å². The van der Waals surface area contributed by atoms with Crippen LogP contribution >= 0.6 is 11.6 Å². The summed E-state index contributed by atoms with van der Waals surface area (Å²) in [5.74, 6) is 0. The Bertz CT molecular complexity index is 593. The highest BCUT2D eigenvalue weighted by Gasteiger charge is 2.14. The van der Waals surface area contributed by atoms with Gasteiger partial charge in [0.05, 0.1) is 12.7 Å². The van der Waals surface area contributed by atoms with Crippen molar-refractivity contribution in [1.82, 2.24) is 5.32 Å². The molecule has 2 aromatic carbocycles. The van der Waals surface area contributed by atoms with Crippen molar-refractivity contribution < 1.29 is 4.74 Å². The van der Waals surface area contributed by atoms with E-state index in [1.807, 2.05) is 24.3 Å². The summed E-state index contributed by atoms with van der Waals surface area (Å²) in [4.78, 5) is 0. The minimum absolute atomic E-state index is 0.366. The molecule has 1 fully saturated rings. The SMILES string of the molecule is Clc1ccccc1-c1ccccc1COC1CCNCC1. The lowest BCUT2D eigenvalue weighted by atomic mass is 10.00. The van der Waals surface area contributed by atoms with Crippen molar-refractivity contribution in [2.45, 2.75) is 25.6 Å². The van der Waals surface area contributed by atoms with Gasteiger partial charge in [0.25, 0.3) is 0 Å². The van der Waals surface area contributed by atoms with Gasteiger partial charge in [-0.25, -0.2) is 0 Å². The Morgan fingerprint density at radius 3 is 2.38 bits per heavy atom. The molecule has 0 spiro atoms. The number of hydrogen-bond acceptors (Lipinski definition) is 2. The Labute approximate surface area is 131 Å². The molecule has 3 rings (SSSR count). The Morgan fingerprint density at radius 2 is 1.62 bits per heavy atom. The molecule has 3 heteroatoms. The first-order chi connectivity index (χ1) is 10.3. The van der Waals surface area contributed by atoms with E-state index in [4.69, 9.17) is 16.3 Å². The number of ether oxygens (including phenoxy) is 1. The van der Waals surface area contributed by atoms with E-state index in [9.17, 15) is 0 Å². The van der Waals surface area contributed by atoms with Crippen molar-refractivity contribution >= 4 is 11.6 Å². The smallest absolute Gasteiger partial charge is 0.0726 e. The maximum Gasteiger partial charge on any atom is 0.0726 e. The molecule has 0 atom stereocenters. The third kappa shape index (κ3) is 3.65. The van der Waals surface area contributed by atoms with E-state index in [0.29, 0.717) is 12.7 Å². The maximum absolute atomic E-state index is 6.33. The van der Waals surface area contributed by atoms with Gasteiger partial charge in [0.1, 0.15) is 0 Å². The monoisotopic (exact) mass is 301 g/mol. The van der Waals surface area contributed by atoms with Gasteiger partial charge in [-0.1, -0.05) is 54.1 Å². The average molecular weight is 302 g/mol. The molecule has 1 aliphatic rings. The second-order valence-electron chi connectivity index (χ2n) is 5.40. The summed E-state index contributed by atoms with van der Waals surface area (Å²) >= 11 is 6.33. The molecule has 0 amide bonds. The van der Waals surface area contributed by atoms with E-state index in [1.165, 1.54) is 5.56 Å². The summed E-state index contributed by atoms with van der Waals surface area (Å²) in [6, 6.07) is 16.3. The van der Waals surface area contributed by atoms with Gasteiger partial charge >= 0.3 is 0 Å². The molecule has 1 saturated heterocycles. The zero-order valence-electron chi connectivity index (χ0n) is 12.0. The fourth-order valence-corrected chi connectivity index (χ4v) is 3.00. The van der Waals surface area contributed by atoms with Crippen LogP contribution in [0.25, 0.3) is 11.1 Å². The minimum atomic E-state index is 0.366. The highest BCUT2D eigenvalue weighted by Crippen LogP contribution is 2.30. The van der Waals surface area contributed by atoms with E-state index in [0.717, 1.165) is 42.1 Å². The second kappa shape index (κ2) is 7.08. The predicted molar refractivity (Wildman–Crippen MR) is 87.6 cm³/mol. The van der Waals surface area contributed by atoms with Crippen molar-refractivity contribution in [2.75, 3.05) is 13.1 Å². The third-order valence-electron chi connectivity index (χ3n) is 3.94. The van der Waals surface area contributed by atoms with E-state index in [1.54, 1.807) is 0 Å². The van der Waals surface area contributed by atoms with Crippen LogP contribution in [0, 0.1) is 0 Å². The second-order valence-corrected chi connectivity index (χ2v) is 5.80. The minimum Gasteiger partial charge on any atom is -0.373 e. The first-order valence-corrected chi connectivity index (χ1v) is 7.87. The summed E-state index contributed by atoms with van der Waals surface area (Å²) < 4.78 is 6.09. The van der Waals surface area contributed by atoms with Crippen LogP contribution in [0.15, 0.2) is 48.5 Å².